The number of pyridine rings is 2. The fraction of sp³-hybridized carbons (Fsp3) is 0.375. The van der Waals surface area contributed by atoms with Crippen molar-refractivity contribution in [3.8, 4) is 0 Å². The maximum atomic E-state index is 9.53. The molecule has 1 saturated carbocycles. The Morgan fingerprint density at radius 2 is 1.90 bits per heavy atom. The first kappa shape index (κ1) is 25.6. The summed E-state index contributed by atoms with van der Waals surface area (Å²) in [5.41, 5.74) is 7.82. The second kappa shape index (κ2) is 11.2. The van der Waals surface area contributed by atoms with Crippen molar-refractivity contribution in [3.63, 3.8) is 0 Å². The van der Waals surface area contributed by atoms with E-state index in [1.807, 2.05) is 18.3 Å². The molecule has 1 aromatic carbocycles. The number of hydrogen-bond donors (Lipinski definition) is 4. The molecule has 1 aliphatic carbocycles. The molecule has 0 bridgehead atoms. The molecule has 1 saturated heterocycles. The largest absolute Gasteiger partial charge is 0.392 e. The van der Waals surface area contributed by atoms with Crippen LogP contribution in [0.25, 0.3) is 11.8 Å². The molecule has 3 aromatic rings. The standard InChI is InChI=1S/C32H38N6O/c1-3-4-28-31-24(10-14-33-28)19-30(36-29-18-22(20-39)9-13-34-29)37-32(31)35-25-5-8-27(21(2)17-25)23-11-15-38(16-12-23)26-6-7-26/h4-5,8-10,13-14,17-19,23,26,33,39H,3,6-7,11-12,15-16,20H2,1-2H3,(H2,34,35,36,37)/b28-4-. The number of aromatic nitrogens is 2. The summed E-state index contributed by atoms with van der Waals surface area (Å²) in [6, 6.07) is 13.3. The Labute approximate surface area is 231 Å². The molecule has 0 unspecified atom stereocenters. The van der Waals surface area contributed by atoms with Gasteiger partial charge in [0.25, 0.3) is 0 Å². The average molecular weight is 523 g/mol. The Kier molecular flexibility index (Phi) is 7.35. The number of fused-ring (bicyclic) bond motifs is 1. The van der Waals surface area contributed by atoms with Crippen molar-refractivity contribution in [1.29, 1.82) is 0 Å². The zero-order valence-electron chi connectivity index (χ0n) is 22.9. The van der Waals surface area contributed by atoms with Gasteiger partial charge in [-0.05, 0) is 117 Å². The quantitative estimate of drug-likeness (QED) is 0.271. The molecule has 39 heavy (non-hydrogen) atoms. The van der Waals surface area contributed by atoms with Crippen LogP contribution in [0.5, 0.6) is 0 Å². The van der Waals surface area contributed by atoms with Gasteiger partial charge >= 0.3 is 0 Å². The molecule has 4 N–H and O–H groups in total. The van der Waals surface area contributed by atoms with E-state index in [0.29, 0.717) is 17.6 Å². The highest BCUT2D eigenvalue weighted by Crippen LogP contribution is 2.37. The minimum atomic E-state index is -0.0316. The minimum Gasteiger partial charge on any atom is -0.392 e. The summed E-state index contributed by atoms with van der Waals surface area (Å²) in [5.74, 6) is 2.77. The van der Waals surface area contributed by atoms with E-state index >= 15 is 0 Å². The molecular formula is C32H38N6O. The Morgan fingerprint density at radius 1 is 1.05 bits per heavy atom. The smallest absolute Gasteiger partial charge is 0.142 e. The van der Waals surface area contributed by atoms with Crippen LogP contribution in [0.15, 0.2) is 54.9 Å². The predicted molar refractivity (Wildman–Crippen MR) is 159 cm³/mol. The topological polar surface area (TPSA) is 85.3 Å². The highest BCUT2D eigenvalue weighted by molar-refractivity contribution is 5.87. The van der Waals surface area contributed by atoms with Crippen molar-refractivity contribution in [2.45, 2.75) is 64.5 Å². The van der Waals surface area contributed by atoms with Crippen LogP contribution in [0.1, 0.15) is 72.8 Å². The lowest BCUT2D eigenvalue weighted by Crippen LogP contribution is -2.34. The zero-order chi connectivity index (χ0) is 26.8. The van der Waals surface area contributed by atoms with Gasteiger partial charge in [-0.15, -0.1) is 0 Å². The molecule has 2 aromatic heterocycles. The van der Waals surface area contributed by atoms with Crippen LogP contribution in [0.2, 0.25) is 0 Å². The first-order valence-electron chi connectivity index (χ1n) is 14.2. The number of hydrogen-bond acceptors (Lipinski definition) is 7. The Balaban J connectivity index is 1.28. The van der Waals surface area contributed by atoms with E-state index in [-0.39, 0.29) is 6.61 Å². The van der Waals surface area contributed by atoms with Gasteiger partial charge in [-0.25, -0.2) is 9.97 Å². The van der Waals surface area contributed by atoms with Crippen LogP contribution in [-0.4, -0.2) is 39.1 Å². The Bertz CT molecular complexity index is 1400. The summed E-state index contributed by atoms with van der Waals surface area (Å²) in [7, 11) is 0. The van der Waals surface area contributed by atoms with Gasteiger partial charge < -0.3 is 26.0 Å². The highest BCUT2D eigenvalue weighted by atomic mass is 16.3. The van der Waals surface area contributed by atoms with Crippen LogP contribution in [0.4, 0.5) is 23.1 Å². The molecule has 0 spiro atoms. The molecule has 202 valence electrons. The number of benzene rings is 1. The van der Waals surface area contributed by atoms with E-state index in [2.05, 4.69) is 70.0 Å². The van der Waals surface area contributed by atoms with Crippen LogP contribution in [0.3, 0.4) is 0 Å². The number of nitrogens with zero attached hydrogens (tertiary/aromatic N) is 3. The average Bonchev–Trinajstić information content (AvgIpc) is 3.79. The number of aliphatic hydroxyl groups is 1. The maximum Gasteiger partial charge on any atom is 0.142 e. The third-order valence-corrected chi connectivity index (χ3v) is 8.06. The third-order valence-electron chi connectivity index (χ3n) is 8.06. The molecular weight excluding hydrogens is 484 g/mol. The van der Waals surface area contributed by atoms with Crippen molar-refractivity contribution < 1.29 is 5.11 Å². The molecule has 0 amide bonds. The van der Waals surface area contributed by atoms with Crippen LogP contribution >= 0.6 is 0 Å². The Hall–Kier alpha value is -3.68. The van der Waals surface area contributed by atoms with Gasteiger partial charge in [0.2, 0.25) is 0 Å². The lowest BCUT2D eigenvalue weighted by atomic mass is 9.86. The number of likely N-dealkylation sites (tertiary alicyclic amines) is 1. The molecule has 0 atom stereocenters. The van der Waals surface area contributed by atoms with Gasteiger partial charge in [-0.3, -0.25) is 0 Å². The van der Waals surface area contributed by atoms with Crippen molar-refractivity contribution >= 4 is 34.9 Å². The summed E-state index contributed by atoms with van der Waals surface area (Å²) in [6.45, 7) is 6.80. The van der Waals surface area contributed by atoms with E-state index in [1.54, 1.807) is 12.3 Å². The van der Waals surface area contributed by atoms with E-state index in [0.717, 1.165) is 46.4 Å². The molecule has 7 nitrogen and oxygen atoms in total. The molecule has 2 aliphatic heterocycles. The van der Waals surface area contributed by atoms with E-state index in [4.69, 9.17) is 4.98 Å². The number of allylic oxidation sites excluding steroid dienone is 1. The normalized spacial score (nSPS) is 18.6. The summed E-state index contributed by atoms with van der Waals surface area (Å²) < 4.78 is 0. The van der Waals surface area contributed by atoms with Crippen molar-refractivity contribution in [3.05, 3.63) is 82.7 Å². The molecule has 4 heterocycles. The molecule has 7 heteroatoms. The number of nitrogens with one attached hydrogen (secondary N) is 3. The maximum absolute atomic E-state index is 9.53. The number of anilines is 4. The van der Waals surface area contributed by atoms with Crippen LogP contribution in [-0.2, 0) is 6.61 Å². The van der Waals surface area contributed by atoms with E-state index < -0.39 is 0 Å². The second-order valence-electron chi connectivity index (χ2n) is 10.9. The van der Waals surface area contributed by atoms with E-state index in [9.17, 15) is 5.11 Å². The van der Waals surface area contributed by atoms with Crippen LogP contribution < -0.4 is 16.0 Å². The van der Waals surface area contributed by atoms with Crippen molar-refractivity contribution in [1.82, 2.24) is 20.2 Å². The summed E-state index contributed by atoms with van der Waals surface area (Å²) in [5, 5.41) is 19.9. The second-order valence-corrected chi connectivity index (χ2v) is 10.9. The third kappa shape index (κ3) is 5.70. The van der Waals surface area contributed by atoms with Gasteiger partial charge in [-0.2, -0.15) is 0 Å². The van der Waals surface area contributed by atoms with Gasteiger partial charge in [0.15, 0.2) is 0 Å². The van der Waals surface area contributed by atoms with Crippen molar-refractivity contribution in [2.75, 3.05) is 23.7 Å². The lowest BCUT2D eigenvalue weighted by Gasteiger charge is -2.33. The van der Waals surface area contributed by atoms with Crippen molar-refractivity contribution in [2.24, 2.45) is 0 Å². The molecule has 6 rings (SSSR count). The van der Waals surface area contributed by atoms with E-state index in [1.165, 1.54) is 49.9 Å². The molecule has 3 aliphatic rings. The van der Waals surface area contributed by atoms with Gasteiger partial charge in [0.1, 0.15) is 17.5 Å². The minimum absolute atomic E-state index is 0.0316. The fourth-order valence-corrected chi connectivity index (χ4v) is 5.93. The number of aryl methyl sites for hydroxylation is 1. The molecule has 2 fully saturated rings. The lowest BCUT2D eigenvalue weighted by molar-refractivity contribution is 0.203. The molecule has 0 radical (unpaired) electrons. The number of rotatable bonds is 8. The Morgan fingerprint density at radius 3 is 2.64 bits per heavy atom. The first-order chi connectivity index (χ1) is 19.1. The highest BCUT2D eigenvalue weighted by Gasteiger charge is 2.32. The SMILES string of the molecule is CC/C=C1\NC=Cc2cc(Nc3cc(CO)ccn3)nc(Nc3ccc(C4CCN(C5CC5)CC4)c(C)c3)c21. The summed E-state index contributed by atoms with van der Waals surface area (Å²) in [4.78, 5) is 12.1. The van der Waals surface area contributed by atoms with Gasteiger partial charge in [0.05, 0.1) is 6.61 Å². The van der Waals surface area contributed by atoms with Gasteiger partial charge in [-0.1, -0.05) is 19.1 Å². The van der Waals surface area contributed by atoms with Gasteiger partial charge in [0, 0.05) is 35.4 Å². The monoisotopic (exact) mass is 522 g/mol. The summed E-state index contributed by atoms with van der Waals surface area (Å²) in [6.07, 6.45) is 14.1. The predicted octanol–water partition coefficient (Wildman–Crippen LogP) is 6.43. The number of piperidine rings is 1. The van der Waals surface area contributed by atoms with Crippen LogP contribution in [0, 0.1) is 6.92 Å². The number of aliphatic hydroxyl groups excluding tert-OH is 1. The summed E-state index contributed by atoms with van der Waals surface area (Å²) >= 11 is 0. The first-order valence-corrected chi connectivity index (χ1v) is 14.2. The fourth-order valence-electron chi connectivity index (χ4n) is 5.93. The zero-order valence-corrected chi connectivity index (χ0v) is 22.9.